The van der Waals surface area contributed by atoms with Crippen LogP contribution in [-0.2, 0) is 26.6 Å². The van der Waals surface area contributed by atoms with Crippen LogP contribution in [0, 0.1) is 13.8 Å². The Kier molecular flexibility index (Phi) is 3.96. The highest BCUT2D eigenvalue weighted by Gasteiger charge is 2.16. The minimum atomic E-state index is 0.511. The van der Waals surface area contributed by atoms with Gasteiger partial charge in [-0.15, -0.1) is 0 Å². The summed E-state index contributed by atoms with van der Waals surface area (Å²) in [6.07, 6.45) is 0.831. The van der Waals surface area contributed by atoms with Gasteiger partial charge < -0.3 is 5.73 Å². The van der Waals surface area contributed by atoms with Crippen LogP contribution in [0.15, 0.2) is 0 Å². The van der Waals surface area contributed by atoms with Crippen LogP contribution >= 0.6 is 11.6 Å². The van der Waals surface area contributed by atoms with Gasteiger partial charge in [0.15, 0.2) is 0 Å². The molecule has 2 aromatic rings. The molecule has 0 saturated carbocycles. The summed E-state index contributed by atoms with van der Waals surface area (Å²) < 4.78 is 3.78. The van der Waals surface area contributed by atoms with Gasteiger partial charge in [-0.25, -0.2) is 0 Å². The number of nitrogens with two attached hydrogens (primary N) is 1. The van der Waals surface area contributed by atoms with Gasteiger partial charge >= 0.3 is 0 Å². The number of nitrogens with zero attached hydrogens (tertiary/aromatic N) is 4. The molecule has 0 atom stereocenters. The number of hydrogen-bond donors (Lipinski definition) is 1. The first-order chi connectivity index (χ1) is 8.99. The lowest BCUT2D eigenvalue weighted by Gasteiger charge is -2.06. The third-order valence-corrected chi connectivity index (χ3v) is 3.97. The Hall–Kier alpha value is -1.33. The van der Waals surface area contributed by atoms with Crippen LogP contribution in [0.1, 0.15) is 35.3 Å². The molecule has 0 radical (unpaired) electrons. The summed E-state index contributed by atoms with van der Waals surface area (Å²) in [5.41, 5.74) is 10.8. The van der Waals surface area contributed by atoms with Gasteiger partial charge in [0.2, 0.25) is 0 Å². The molecule has 0 spiro atoms. The molecule has 0 fully saturated rings. The average molecular weight is 282 g/mol. The molecule has 0 amide bonds. The Morgan fingerprint density at radius 1 is 1.26 bits per heavy atom. The fourth-order valence-corrected chi connectivity index (χ4v) is 2.67. The summed E-state index contributed by atoms with van der Waals surface area (Å²) in [7, 11) is 1.91. The van der Waals surface area contributed by atoms with E-state index in [1.54, 1.807) is 0 Å². The van der Waals surface area contributed by atoms with Crippen molar-refractivity contribution >= 4 is 11.6 Å². The molecule has 2 N–H and O–H groups in total. The molecule has 2 aromatic heterocycles. The van der Waals surface area contributed by atoms with E-state index in [1.165, 1.54) is 0 Å². The van der Waals surface area contributed by atoms with Crippen molar-refractivity contribution in [3.05, 3.63) is 33.4 Å². The quantitative estimate of drug-likeness (QED) is 0.932. The fourth-order valence-electron chi connectivity index (χ4n) is 2.32. The van der Waals surface area contributed by atoms with Crippen molar-refractivity contribution in [2.45, 2.75) is 40.3 Å². The van der Waals surface area contributed by atoms with E-state index < -0.39 is 0 Å². The Labute approximate surface area is 118 Å². The second-order valence-electron chi connectivity index (χ2n) is 4.70. The van der Waals surface area contributed by atoms with E-state index >= 15 is 0 Å². The molecule has 0 aliphatic rings. The van der Waals surface area contributed by atoms with E-state index in [9.17, 15) is 0 Å². The van der Waals surface area contributed by atoms with Gasteiger partial charge in [-0.2, -0.15) is 10.2 Å². The number of rotatable bonds is 4. The minimum absolute atomic E-state index is 0.511. The van der Waals surface area contributed by atoms with E-state index in [0.29, 0.717) is 13.1 Å². The molecule has 2 heterocycles. The largest absolute Gasteiger partial charge is 0.326 e. The third-order valence-electron chi connectivity index (χ3n) is 3.54. The Morgan fingerprint density at radius 2 is 1.95 bits per heavy atom. The maximum Gasteiger partial charge on any atom is 0.0869 e. The first kappa shape index (κ1) is 14.1. The maximum absolute atomic E-state index is 6.36. The van der Waals surface area contributed by atoms with Crippen molar-refractivity contribution in [1.82, 2.24) is 19.6 Å². The molecule has 0 saturated heterocycles. The van der Waals surface area contributed by atoms with Crippen molar-refractivity contribution in [3.8, 4) is 0 Å². The van der Waals surface area contributed by atoms with Crippen LogP contribution in [0.5, 0.6) is 0 Å². The zero-order valence-electron chi connectivity index (χ0n) is 11.9. The van der Waals surface area contributed by atoms with Crippen LogP contribution in [0.3, 0.4) is 0 Å². The summed E-state index contributed by atoms with van der Waals surface area (Å²) >= 11 is 6.36. The van der Waals surface area contributed by atoms with E-state index in [-0.39, 0.29) is 0 Å². The van der Waals surface area contributed by atoms with Crippen LogP contribution < -0.4 is 5.73 Å². The predicted octanol–water partition coefficient (Wildman–Crippen LogP) is 1.96. The molecule has 0 aromatic carbocycles. The van der Waals surface area contributed by atoms with Gasteiger partial charge in [-0.05, 0) is 20.3 Å². The molecular formula is C13H20ClN5. The first-order valence-corrected chi connectivity index (χ1v) is 6.80. The topological polar surface area (TPSA) is 61.7 Å². The van der Waals surface area contributed by atoms with Gasteiger partial charge in [0.1, 0.15) is 0 Å². The Balaban J connectivity index is 2.39. The molecule has 0 unspecified atom stereocenters. The average Bonchev–Trinajstić information content (AvgIpc) is 2.80. The Bertz CT molecular complexity index is 597. The lowest BCUT2D eigenvalue weighted by Crippen LogP contribution is -2.09. The lowest BCUT2D eigenvalue weighted by molar-refractivity contribution is 0.602. The van der Waals surface area contributed by atoms with Crippen LogP contribution in [0.4, 0.5) is 0 Å². The Morgan fingerprint density at radius 3 is 2.42 bits per heavy atom. The molecule has 6 heteroatoms. The highest BCUT2D eigenvalue weighted by molar-refractivity contribution is 6.31. The van der Waals surface area contributed by atoms with Gasteiger partial charge in [0.25, 0.3) is 0 Å². The highest BCUT2D eigenvalue weighted by Crippen LogP contribution is 2.23. The van der Waals surface area contributed by atoms with Crippen molar-refractivity contribution in [2.75, 3.05) is 0 Å². The van der Waals surface area contributed by atoms with Crippen LogP contribution in [0.25, 0.3) is 0 Å². The minimum Gasteiger partial charge on any atom is -0.326 e. The van der Waals surface area contributed by atoms with Gasteiger partial charge in [-0.1, -0.05) is 18.5 Å². The zero-order chi connectivity index (χ0) is 14.2. The highest BCUT2D eigenvalue weighted by atomic mass is 35.5. The van der Waals surface area contributed by atoms with Crippen molar-refractivity contribution in [1.29, 1.82) is 0 Å². The second-order valence-corrected chi connectivity index (χ2v) is 5.07. The summed E-state index contributed by atoms with van der Waals surface area (Å²) in [5, 5.41) is 9.70. The number of aryl methyl sites for hydroxylation is 3. The normalized spacial score (nSPS) is 11.3. The molecular weight excluding hydrogens is 262 g/mol. The fraction of sp³-hybridized carbons (Fsp3) is 0.538. The van der Waals surface area contributed by atoms with Gasteiger partial charge in [0, 0.05) is 24.8 Å². The predicted molar refractivity (Wildman–Crippen MR) is 76.3 cm³/mol. The van der Waals surface area contributed by atoms with Crippen LogP contribution in [-0.4, -0.2) is 19.6 Å². The molecule has 0 aliphatic heterocycles. The van der Waals surface area contributed by atoms with Crippen LogP contribution in [0.2, 0.25) is 5.02 Å². The first-order valence-electron chi connectivity index (χ1n) is 6.42. The molecule has 5 nitrogen and oxygen atoms in total. The lowest BCUT2D eigenvalue weighted by atomic mass is 10.2. The monoisotopic (exact) mass is 281 g/mol. The van der Waals surface area contributed by atoms with E-state index in [1.807, 2.05) is 37.2 Å². The number of halogens is 1. The summed E-state index contributed by atoms with van der Waals surface area (Å²) in [5.74, 6) is 0. The zero-order valence-corrected chi connectivity index (χ0v) is 12.6. The summed E-state index contributed by atoms with van der Waals surface area (Å²) in [4.78, 5) is 0. The van der Waals surface area contributed by atoms with Crippen molar-refractivity contribution < 1.29 is 0 Å². The molecule has 0 aliphatic carbocycles. The van der Waals surface area contributed by atoms with Gasteiger partial charge in [0.05, 0.1) is 28.6 Å². The third kappa shape index (κ3) is 2.40. The van der Waals surface area contributed by atoms with Crippen molar-refractivity contribution in [3.63, 3.8) is 0 Å². The maximum atomic E-state index is 6.36. The smallest absolute Gasteiger partial charge is 0.0869 e. The second kappa shape index (κ2) is 5.35. The SMILES string of the molecule is CCc1nn(C)c(Cn2nc(C)c(CN)c2C)c1Cl. The summed E-state index contributed by atoms with van der Waals surface area (Å²) in [6.45, 7) is 7.20. The van der Waals surface area contributed by atoms with Gasteiger partial charge in [-0.3, -0.25) is 9.36 Å². The van der Waals surface area contributed by atoms with E-state index in [2.05, 4.69) is 10.2 Å². The van der Waals surface area contributed by atoms with Crippen molar-refractivity contribution in [2.24, 2.45) is 12.8 Å². The van der Waals surface area contributed by atoms with E-state index in [0.717, 1.165) is 39.8 Å². The molecule has 0 bridgehead atoms. The standard InChI is InChI=1S/C13H20ClN5/c1-5-11-13(14)12(18(4)17-11)7-19-9(3)10(6-15)8(2)16-19/h5-7,15H2,1-4H3. The molecule has 2 rings (SSSR count). The van der Waals surface area contributed by atoms with E-state index in [4.69, 9.17) is 17.3 Å². The molecule has 19 heavy (non-hydrogen) atoms. The number of aromatic nitrogens is 4. The summed E-state index contributed by atoms with van der Waals surface area (Å²) in [6, 6.07) is 0. The number of hydrogen-bond acceptors (Lipinski definition) is 3. The molecule has 104 valence electrons.